The first-order valence-electron chi connectivity index (χ1n) is 9.74. The maximum atomic E-state index is 12.5. The van der Waals surface area contributed by atoms with Gasteiger partial charge in [0.15, 0.2) is 5.82 Å². The molecule has 0 saturated carbocycles. The monoisotopic (exact) mass is 422 g/mol. The first-order valence-corrected chi connectivity index (χ1v) is 10.7. The van der Waals surface area contributed by atoms with E-state index in [1.165, 1.54) is 11.8 Å². The number of imidazole rings is 1. The van der Waals surface area contributed by atoms with Crippen LogP contribution in [0.5, 0.6) is 0 Å². The minimum Gasteiger partial charge on any atom is -0.325 e. The van der Waals surface area contributed by atoms with Gasteiger partial charge in [-0.3, -0.25) is 19.0 Å². The third kappa shape index (κ3) is 3.88. The van der Waals surface area contributed by atoms with Crippen LogP contribution in [0.15, 0.2) is 58.5 Å². The molecule has 2 N–H and O–H groups in total. The highest BCUT2D eigenvalue weighted by Crippen LogP contribution is 2.21. The van der Waals surface area contributed by atoms with Crippen molar-refractivity contribution in [2.45, 2.75) is 32.1 Å². The van der Waals surface area contributed by atoms with Crippen molar-refractivity contribution in [1.82, 2.24) is 24.3 Å². The van der Waals surface area contributed by atoms with E-state index in [-0.39, 0.29) is 17.3 Å². The van der Waals surface area contributed by atoms with Crippen molar-refractivity contribution in [1.29, 1.82) is 0 Å². The minimum atomic E-state index is -0.161. The van der Waals surface area contributed by atoms with E-state index < -0.39 is 0 Å². The van der Waals surface area contributed by atoms with Crippen LogP contribution in [0.25, 0.3) is 22.4 Å². The average Bonchev–Trinajstić information content (AvgIpc) is 3.34. The molecule has 0 aliphatic rings. The highest BCUT2D eigenvalue weighted by Gasteiger charge is 2.13. The number of fused-ring (bicyclic) bond motifs is 1. The third-order valence-corrected chi connectivity index (χ3v) is 5.63. The lowest BCUT2D eigenvalue weighted by Gasteiger charge is -2.06. The van der Waals surface area contributed by atoms with Gasteiger partial charge in [-0.1, -0.05) is 42.1 Å². The van der Waals surface area contributed by atoms with Gasteiger partial charge in [-0.25, -0.2) is 9.78 Å². The number of H-pyrrole nitrogens is 1. The fraction of sp³-hybridized carbons (Fsp3) is 0.238. The second-order valence-corrected chi connectivity index (χ2v) is 7.59. The standard InChI is InChI=1S/C21H22N6O2S/c1-3-26-16-11-10-15(12-17(16)27(4-2)21(26)29)22-18(28)13-30-20-23-19(24-25-20)14-8-6-5-7-9-14/h5-12H,3-4,13H2,1-2H3,(H,22,28)(H,23,24,25). The SMILES string of the molecule is CCn1c(=O)n(CC)c2cc(NC(=O)CSc3n[nH]c(-c4ccccc4)n3)ccc21. The molecule has 0 spiro atoms. The highest BCUT2D eigenvalue weighted by atomic mass is 32.2. The van der Waals surface area contributed by atoms with E-state index in [0.717, 1.165) is 16.6 Å². The van der Waals surface area contributed by atoms with E-state index in [0.29, 0.717) is 29.8 Å². The zero-order chi connectivity index (χ0) is 21.1. The molecule has 0 saturated heterocycles. The van der Waals surface area contributed by atoms with Gasteiger partial charge < -0.3 is 5.32 Å². The molecular weight excluding hydrogens is 400 g/mol. The summed E-state index contributed by atoms with van der Waals surface area (Å²) in [5.41, 5.74) is 3.24. The summed E-state index contributed by atoms with van der Waals surface area (Å²) in [6, 6.07) is 15.2. The Morgan fingerprint density at radius 3 is 2.53 bits per heavy atom. The normalized spacial score (nSPS) is 11.1. The predicted molar refractivity (Wildman–Crippen MR) is 119 cm³/mol. The maximum Gasteiger partial charge on any atom is 0.329 e. The van der Waals surface area contributed by atoms with Crippen LogP contribution in [0.3, 0.4) is 0 Å². The summed E-state index contributed by atoms with van der Waals surface area (Å²) in [7, 11) is 0. The molecule has 2 heterocycles. The van der Waals surface area contributed by atoms with E-state index in [4.69, 9.17) is 0 Å². The molecule has 0 aliphatic carbocycles. The Morgan fingerprint density at radius 2 is 1.80 bits per heavy atom. The van der Waals surface area contributed by atoms with Gasteiger partial charge in [0.2, 0.25) is 11.1 Å². The van der Waals surface area contributed by atoms with E-state index in [1.54, 1.807) is 9.13 Å². The molecule has 2 aromatic heterocycles. The Kier molecular flexibility index (Phi) is 5.71. The molecule has 0 bridgehead atoms. The van der Waals surface area contributed by atoms with Crippen LogP contribution in [0.2, 0.25) is 0 Å². The number of carbonyl (C=O) groups is 1. The molecule has 4 aromatic rings. The first kappa shape index (κ1) is 20.0. The summed E-state index contributed by atoms with van der Waals surface area (Å²) in [4.78, 5) is 29.3. The topological polar surface area (TPSA) is 97.6 Å². The van der Waals surface area contributed by atoms with Crippen molar-refractivity contribution in [3.63, 3.8) is 0 Å². The molecule has 2 aromatic carbocycles. The minimum absolute atomic E-state index is 0.0344. The summed E-state index contributed by atoms with van der Waals surface area (Å²) < 4.78 is 3.44. The zero-order valence-corrected chi connectivity index (χ0v) is 17.6. The van der Waals surface area contributed by atoms with Gasteiger partial charge in [-0.15, -0.1) is 5.10 Å². The fourth-order valence-corrected chi connectivity index (χ4v) is 3.97. The average molecular weight is 423 g/mol. The summed E-state index contributed by atoms with van der Waals surface area (Å²) in [5, 5.41) is 10.5. The fourth-order valence-electron chi connectivity index (χ4n) is 3.37. The number of aromatic nitrogens is 5. The van der Waals surface area contributed by atoms with Crippen molar-refractivity contribution in [3.8, 4) is 11.4 Å². The third-order valence-electron chi connectivity index (χ3n) is 4.78. The van der Waals surface area contributed by atoms with Crippen molar-refractivity contribution in [3.05, 3.63) is 59.0 Å². The molecule has 0 radical (unpaired) electrons. The number of nitrogens with zero attached hydrogens (tertiary/aromatic N) is 4. The van der Waals surface area contributed by atoms with E-state index in [9.17, 15) is 9.59 Å². The number of aromatic amines is 1. The largest absolute Gasteiger partial charge is 0.329 e. The molecule has 30 heavy (non-hydrogen) atoms. The molecule has 0 atom stereocenters. The number of nitrogens with one attached hydrogen (secondary N) is 2. The number of hydrogen-bond acceptors (Lipinski definition) is 5. The van der Waals surface area contributed by atoms with Gasteiger partial charge in [-0.2, -0.15) is 0 Å². The van der Waals surface area contributed by atoms with Gasteiger partial charge in [0, 0.05) is 24.3 Å². The van der Waals surface area contributed by atoms with E-state index >= 15 is 0 Å². The quantitative estimate of drug-likeness (QED) is 0.445. The number of benzene rings is 2. The van der Waals surface area contributed by atoms with Crippen LogP contribution < -0.4 is 11.0 Å². The molecule has 1 amide bonds. The van der Waals surface area contributed by atoms with Gasteiger partial charge >= 0.3 is 5.69 Å². The number of hydrogen-bond donors (Lipinski definition) is 2. The molecule has 8 nitrogen and oxygen atoms in total. The van der Waals surface area contributed by atoms with Crippen LogP contribution in [0, 0.1) is 0 Å². The van der Waals surface area contributed by atoms with Crippen molar-refractivity contribution >= 4 is 34.4 Å². The number of rotatable bonds is 7. The molecule has 0 unspecified atom stereocenters. The Labute approximate surface area is 177 Å². The predicted octanol–water partition coefficient (Wildman–Crippen LogP) is 3.36. The van der Waals surface area contributed by atoms with Crippen LogP contribution >= 0.6 is 11.8 Å². The molecule has 154 valence electrons. The Hall–Kier alpha value is -3.33. The smallest absolute Gasteiger partial charge is 0.325 e. The van der Waals surface area contributed by atoms with Crippen molar-refractivity contribution in [2.75, 3.05) is 11.1 Å². The lowest BCUT2D eigenvalue weighted by atomic mass is 10.2. The molecular formula is C21H22N6O2S. The second-order valence-electron chi connectivity index (χ2n) is 6.64. The number of thioether (sulfide) groups is 1. The Bertz CT molecular complexity index is 1240. The van der Waals surface area contributed by atoms with Crippen LogP contribution in [0.4, 0.5) is 5.69 Å². The van der Waals surface area contributed by atoms with Crippen LogP contribution in [-0.2, 0) is 17.9 Å². The van der Waals surface area contributed by atoms with Crippen LogP contribution in [0.1, 0.15) is 13.8 Å². The Morgan fingerprint density at radius 1 is 1.07 bits per heavy atom. The number of aryl methyl sites for hydroxylation is 2. The lowest BCUT2D eigenvalue weighted by molar-refractivity contribution is -0.113. The zero-order valence-electron chi connectivity index (χ0n) is 16.8. The molecule has 0 fully saturated rings. The van der Waals surface area contributed by atoms with Gasteiger partial charge in [0.25, 0.3) is 0 Å². The highest BCUT2D eigenvalue weighted by molar-refractivity contribution is 7.99. The molecule has 9 heteroatoms. The lowest BCUT2D eigenvalue weighted by Crippen LogP contribution is -2.23. The first-order chi connectivity index (χ1) is 14.6. The van der Waals surface area contributed by atoms with Crippen molar-refractivity contribution < 1.29 is 4.79 Å². The number of amides is 1. The van der Waals surface area contributed by atoms with Gasteiger partial charge in [-0.05, 0) is 32.0 Å². The van der Waals surface area contributed by atoms with Crippen molar-refractivity contribution in [2.24, 2.45) is 0 Å². The second kappa shape index (κ2) is 8.58. The van der Waals surface area contributed by atoms with E-state index in [1.807, 2.05) is 62.4 Å². The summed E-state index contributed by atoms with van der Waals surface area (Å²) in [6.45, 7) is 5.06. The number of anilines is 1. The summed E-state index contributed by atoms with van der Waals surface area (Å²) in [6.07, 6.45) is 0. The van der Waals surface area contributed by atoms with Crippen LogP contribution in [-0.4, -0.2) is 36.0 Å². The molecule has 4 rings (SSSR count). The summed E-state index contributed by atoms with van der Waals surface area (Å²) >= 11 is 1.26. The summed E-state index contributed by atoms with van der Waals surface area (Å²) in [5.74, 6) is 0.688. The van der Waals surface area contributed by atoms with Gasteiger partial charge in [0.1, 0.15) is 0 Å². The van der Waals surface area contributed by atoms with E-state index in [2.05, 4.69) is 20.5 Å². The Balaban J connectivity index is 1.44. The van der Waals surface area contributed by atoms with Gasteiger partial charge in [0.05, 0.1) is 16.8 Å². The molecule has 0 aliphatic heterocycles. The number of carbonyl (C=O) groups excluding carboxylic acids is 1. The maximum absolute atomic E-state index is 12.5.